The molecule has 5 rings (SSSR count). The van der Waals surface area contributed by atoms with Crippen LogP contribution in [-0.4, -0.2) is 79.8 Å². The first kappa shape index (κ1) is 25.2. The Morgan fingerprint density at radius 1 is 0.838 bits per heavy atom. The Labute approximate surface area is 219 Å². The Morgan fingerprint density at radius 2 is 1.68 bits per heavy atom. The molecule has 37 heavy (non-hydrogen) atoms. The van der Waals surface area contributed by atoms with Crippen molar-refractivity contribution in [3.63, 3.8) is 0 Å². The molecule has 2 aliphatic rings. The third-order valence-electron chi connectivity index (χ3n) is 7.06. The third kappa shape index (κ3) is 7.08. The average Bonchev–Trinajstić information content (AvgIpc) is 2.94. The number of carbonyl (C=O) groups is 1. The number of pyridine rings is 1. The number of benzene rings is 2. The first-order valence-electron chi connectivity index (χ1n) is 13.3. The zero-order chi connectivity index (χ0) is 25.3. The molecule has 0 aliphatic carbocycles. The van der Waals surface area contributed by atoms with E-state index in [1.54, 1.807) is 0 Å². The summed E-state index contributed by atoms with van der Waals surface area (Å²) in [6, 6.07) is 22.8. The number of fused-ring (bicyclic) bond motifs is 3. The van der Waals surface area contributed by atoms with Crippen LogP contribution in [0, 0.1) is 0 Å². The fourth-order valence-corrected chi connectivity index (χ4v) is 5.00. The molecule has 0 N–H and O–H groups in total. The van der Waals surface area contributed by atoms with Crippen molar-refractivity contribution in [1.82, 2.24) is 14.8 Å². The van der Waals surface area contributed by atoms with Gasteiger partial charge in [-0.1, -0.05) is 48.5 Å². The van der Waals surface area contributed by atoms with Crippen molar-refractivity contribution in [2.75, 3.05) is 64.0 Å². The minimum atomic E-state index is 0.176. The Bertz CT molecular complexity index is 1150. The van der Waals surface area contributed by atoms with Crippen molar-refractivity contribution >= 4 is 11.7 Å². The van der Waals surface area contributed by atoms with Crippen LogP contribution in [0.3, 0.4) is 0 Å². The maximum Gasteiger partial charge on any atom is 0.224 e. The zero-order valence-electron chi connectivity index (χ0n) is 21.4. The standard InChI is InChI=1S/C30H36N4O3/c35-30(11-13-32-14-16-33(17-15-32)29-10-3-4-12-31-29)34-18-19-36-20-21-37-28-9-2-1-8-27(28)23-25-6-5-7-26(22-25)24-34/h1-10,12,22H,11,13-21,23-24H2. The molecule has 3 aromatic rings. The number of para-hydroxylation sites is 1. The topological polar surface area (TPSA) is 58.1 Å². The van der Waals surface area contributed by atoms with Gasteiger partial charge in [0.1, 0.15) is 18.2 Å². The summed E-state index contributed by atoms with van der Waals surface area (Å²) in [6.45, 7) is 7.19. The van der Waals surface area contributed by atoms with Gasteiger partial charge >= 0.3 is 0 Å². The summed E-state index contributed by atoms with van der Waals surface area (Å²) in [7, 11) is 0. The summed E-state index contributed by atoms with van der Waals surface area (Å²) in [6.07, 6.45) is 3.15. The van der Waals surface area contributed by atoms with Gasteiger partial charge in [0.25, 0.3) is 0 Å². The normalized spacial score (nSPS) is 17.4. The molecule has 2 aromatic carbocycles. The largest absolute Gasteiger partial charge is 0.491 e. The smallest absolute Gasteiger partial charge is 0.224 e. The van der Waals surface area contributed by atoms with Gasteiger partial charge in [-0.25, -0.2) is 4.98 Å². The predicted octanol–water partition coefficient (Wildman–Crippen LogP) is 3.62. The number of ether oxygens (including phenoxy) is 2. The number of anilines is 1. The second kappa shape index (κ2) is 12.7. The highest BCUT2D eigenvalue weighted by Crippen LogP contribution is 2.23. The fraction of sp³-hybridized carbons (Fsp3) is 0.400. The number of piperazine rings is 1. The lowest BCUT2D eigenvalue weighted by Gasteiger charge is -2.35. The van der Waals surface area contributed by atoms with Crippen LogP contribution < -0.4 is 9.64 Å². The molecular formula is C30H36N4O3. The van der Waals surface area contributed by atoms with Gasteiger partial charge in [0.2, 0.25) is 5.91 Å². The monoisotopic (exact) mass is 500 g/mol. The molecule has 1 amide bonds. The number of nitrogens with zero attached hydrogens (tertiary/aromatic N) is 4. The van der Waals surface area contributed by atoms with E-state index in [0.717, 1.165) is 61.8 Å². The molecule has 2 bridgehead atoms. The quantitative estimate of drug-likeness (QED) is 0.546. The molecule has 0 radical (unpaired) electrons. The number of carbonyl (C=O) groups excluding carboxylic acids is 1. The molecule has 1 fully saturated rings. The van der Waals surface area contributed by atoms with E-state index < -0.39 is 0 Å². The molecular weight excluding hydrogens is 464 g/mol. The van der Waals surface area contributed by atoms with Crippen molar-refractivity contribution in [2.24, 2.45) is 0 Å². The van der Waals surface area contributed by atoms with Gasteiger partial charge in [-0.2, -0.15) is 0 Å². The third-order valence-corrected chi connectivity index (χ3v) is 7.06. The van der Waals surface area contributed by atoms with Crippen LogP contribution in [0.1, 0.15) is 23.1 Å². The molecule has 0 unspecified atom stereocenters. The van der Waals surface area contributed by atoms with Crippen LogP contribution in [0.25, 0.3) is 0 Å². The van der Waals surface area contributed by atoms with Crippen LogP contribution in [0.2, 0.25) is 0 Å². The summed E-state index contributed by atoms with van der Waals surface area (Å²) in [5, 5.41) is 0. The van der Waals surface area contributed by atoms with E-state index in [4.69, 9.17) is 9.47 Å². The van der Waals surface area contributed by atoms with Gasteiger partial charge in [-0.05, 0) is 34.9 Å². The summed E-state index contributed by atoms with van der Waals surface area (Å²) in [5.41, 5.74) is 3.53. The van der Waals surface area contributed by atoms with Crippen LogP contribution >= 0.6 is 0 Å². The number of hydrogen-bond donors (Lipinski definition) is 0. The fourth-order valence-electron chi connectivity index (χ4n) is 5.00. The van der Waals surface area contributed by atoms with Gasteiger partial charge in [-0.15, -0.1) is 0 Å². The number of rotatable bonds is 4. The Morgan fingerprint density at radius 3 is 2.54 bits per heavy atom. The van der Waals surface area contributed by atoms with Gasteiger partial charge in [0, 0.05) is 64.9 Å². The molecule has 0 saturated carbocycles. The van der Waals surface area contributed by atoms with E-state index in [1.807, 2.05) is 41.4 Å². The predicted molar refractivity (Wildman–Crippen MR) is 145 cm³/mol. The van der Waals surface area contributed by atoms with Crippen LogP contribution in [-0.2, 0) is 22.5 Å². The Kier molecular flexibility index (Phi) is 8.66. The zero-order valence-corrected chi connectivity index (χ0v) is 21.4. The van der Waals surface area contributed by atoms with Crippen molar-refractivity contribution in [2.45, 2.75) is 19.4 Å². The van der Waals surface area contributed by atoms with E-state index >= 15 is 0 Å². The first-order chi connectivity index (χ1) is 18.2. The molecule has 7 heteroatoms. The van der Waals surface area contributed by atoms with Crippen LogP contribution in [0.15, 0.2) is 72.9 Å². The summed E-state index contributed by atoms with van der Waals surface area (Å²) in [4.78, 5) is 24.4. The molecule has 3 heterocycles. The second-order valence-electron chi connectivity index (χ2n) is 9.65. The summed E-state index contributed by atoms with van der Waals surface area (Å²) in [5.74, 6) is 2.11. The minimum absolute atomic E-state index is 0.176. The highest BCUT2D eigenvalue weighted by molar-refractivity contribution is 5.76. The average molecular weight is 501 g/mol. The lowest BCUT2D eigenvalue weighted by atomic mass is 10.0. The van der Waals surface area contributed by atoms with Crippen molar-refractivity contribution in [3.8, 4) is 5.75 Å². The van der Waals surface area contributed by atoms with E-state index in [-0.39, 0.29) is 5.91 Å². The van der Waals surface area contributed by atoms with E-state index in [1.165, 1.54) is 5.56 Å². The number of hydrogen-bond acceptors (Lipinski definition) is 6. The SMILES string of the molecule is O=C(CCN1CCN(c2ccccn2)CC1)N1CCOCCOc2ccccc2Cc2cccc(c2)C1. The molecule has 2 aliphatic heterocycles. The lowest BCUT2D eigenvalue weighted by Crippen LogP contribution is -2.47. The van der Waals surface area contributed by atoms with Crippen LogP contribution in [0.4, 0.5) is 5.82 Å². The molecule has 7 nitrogen and oxygen atoms in total. The van der Waals surface area contributed by atoms with Gasteiger partial charge < -0.3 is 19.3 Å². The number of amides is 1. The summed E-state index contributed by atoms with van der Waals surface area (Å²) >= 11 is 0. The van der Waals surface area contributed by atoms with Crippen LogP contribution in [0.5, 0.6) is 5.75 Å². The van der Waals surface area contributed by atoms with E-state index in [9.17, 15) is 4.79 Å². The van der Waals surface area contributed by atoms with Crippen molar-refractivity contribution in [3.05, 3.63) is 89.6 Å². The maximum atomic E-state index is 13.3. The van der Waals surface area contributed by atoms with E-state index in [0.29, 0.717) is 39.3 Å². The molecule has 0 atom stereocenters. The van der Waals surface area contributed by atoms with Gasteiger partial charge in [-0.3, -0.25) is 9.69 Å². The lowest BCUT2D eigenvalue weighted by molar-refractivity contribution is -0.133. The Hall–Kier alpha value is -3.42. The molecule has 1 saturated heterocycles. The van der Waals surface area contributed by atoms with Crippen molar-refractivity contribution < 1.29 is 14.3 Å². The van der Waals surface area contributed by atoms with E-state index in [2.05, 4.69) is 51.2 Å². The minimum Gasteiger partial charge on any atom is -0.491 e. The number of aromatic nitrogens is 1. The summed E-state index contributed by atoms with van der Waals surface area (Å²) < 4.78 is 11.8. The maximum absolute atomic E-state index is 13.3. The molecule has 194 valence electrons. The highest BCUT2D eigenvalue weighted by Gasteiger charge is 2.20. The second-order valence-corrected chi connectivity index (χ2v) is 9.65. The molecule has 0 spiro atoms. The molecule has 1 aromatic heterocycles. The van der Waals surface area contributed by atoms with Gasteiger partial charge in [0.15, 0.2) is 0 Å². The highest BCUT2D eigenvalue weighted by atomic mass is 16.5. The Balaban J connectivity index is 1.19. The van der Waals surface area contributed by atoms with Gasteiger partial charge in [0.05, 0.1) is 13.2 Å². The van der Waals surface area contributed by atoms with Crippen molar-refractivity contribution in [1.29, 1.82) is 0 Å². The first-order valence-corrected chi connectivity index (χ1v) is 13.3.